The molecule has 2 saturated heterocycles. The van der Waals surface area contributed by atoms with Crippen molar-refractivity contribution in [2.75, 3.05) is 44.2 Å². The highest BCUT2D eigenvalue weighted by Crippen LogP contribution is 2.23. The van der Waals surface area contributed by atoms with Crippen molar-refractivity contribution in [1.29, 1.82) is 0 Å². The number of amides is 1. The second-order valence-corrected chi connectivity index (χ2v) is 8.16. The van der Waals surface area contributed by atoms with Gasteiger partial charge < -0.3 is 9.80 Å². The van der Waals surface area contributed by atoms with Crippen molar-refractivity contribution in [2.45, 2.75) is 26.3 Å². The molecule has 5 heteroatoms. The number of carbonyl (C=O) groups excluding carboxylic acids is 1. The van der Waals surface area contributed by atoms with Gasteiger partial charge in [0, 0.05) is 52.0 Å². The number of benzene rings is 1. The number of nitrogens with zero attached hydrogens (tertiary/aromatic N) is 4. The van der Waals surface area contributed by atoms with E-state index >= 15 is 0 Å². The minimum atomic E-state index is 0.110. The normalized spacial score (nSPS) is 19.0. The van der Waals surface area contributed by atoms with Gasteiger partial charge in [-0.2, -0.15) is 0 Å². The molecule has 0 aliphatic carbocycles. The summed E-state index contributed by atoms with van der Waals surface area (Å²) in [7, 11) is 0. The maximum atomic E-state index is 13.0. The van der Waals surface area contributed by atoms with Crippen LogP contribution in [0.5, 0.6) is 0 Å². The Kier molecular flexibility index (Phi) is 5.91. The second kappa shape index (κ2) is 8.74. The van der Waals surface area contributed by atoms with Gasteiger partial charge in [0.2, 0.25) is 0 Å². The van der Waals surface area contributed by atoms with E-state index in [9.17, 15) is 4.79 Å². The Hall–Kier alpha value is -2.40. The van der Waals surface area contributed by atoms with Crippen molar-refractivity contribution in [3.8, 4) is 0 Å². The highest BCUT2D eigenvalue weighted by atomic mass is 16.2. The van der Waals surface area contributed by atoms with Gasteiger partial charge in [0.25, 0.3) is 5.91 Å². The molecule has 3 heterocycles. The third-order valence-electron chi connectivity index (χ3n) is 6.03. The number of pyridine rings is 1. The molecule has 0 spiro atoms. The molecule has 0 saturated carbocycles. The van der Waals surface area contributed by atoms with Gasteiger partial charge in [0.05, 0.1) is 17.4 Å². The summed E-state index contributed by atoms with van der Waals surface area (Å²) in [6.45, 7) is 8.75. The first-order valence-corrected chi connectivity index (χ1v) is 10.4. The molecule has 1 aromatic heterocycles. The minimum absolute atomic E-state index is 0.110. The molecule has 1 aromatic carbocycles. The van der Waals surface area contributed by atoms with Crippen LogP contribution < -0.4 is 4.90 Å². The third-order valence-corrected chi connectivity index (χ3v) is 6.03. The van der Waals surface area contributed by atoms with Crippen LogP contribution in [0.3, 0.4) is 0 Å². The van der Waals surface area contributed by atoms with Crippen LogP contribution in [0.1, 0.15) is 35.7 Å². The van der Waals surface area contributed by atoms with Crippen molar-refractivity contribution < 1.29 is 4.79 Å². The van der Waals surface area contributed by atoms with E-state index in [1.54, 1.807) is 6.20 Å². The Labute approximate surface area is 168 Å². The Morgan fingerprint density at radius 3 is 2.43 bits per heavy atom. The molecule has 1 amide bonds. The SMILES string of the molecule is CC1CCN(c2cncc(C(=O)N3CCN(Cc4ccccc4)CC3)c2)CC1. The second-order valence-electron chi connectivity index (χ2n) is 8.16. The summed E-state index contributed by atoms with van der Waals surface area (Å²) < 4.78 is 0. The number of hydrogen-bond donors (Lipinski definition) is 0. The molecule has 0 bridgehead atoms. The van der Waals surface area contributed by atoms with Crippen molar-refractivity contribution in [3.63, 3.8) is 0 Å². The number of piperazine rings is 1. The lowest BCUT2D eigenvalue weighted by molar-refractivity contribution is 0.0628. The number of piperidine rings is 1. The zero-order valence-corrected chi connectivity index (χ0v) is 16.8. The van der Waals surface area contributed by atoms with Crippen molar-refractivity contribution >= 4 is 11.6 Å². The molecule has 2 aromatic rings. The Balaban J connectivity index is 1.34. The molecule has 4 rings (SSSR count). The summed E-state index contributed by atoms with van der Waals surface area (Å²) in [4.78, 5) is 24.1. The van der Waals surface area contributed by atoms with Crippen LogP contribution in [0, 0.1) is 5.92 Å². The first-order valence-electron chi connectivity index (χ1n) is 10.4. The fourth-order valence-corrected chi connectivity index (χ4v) is 4.12. The van der Waals surface area contributed by atoms with Gasteiger partial charge in [0.15, 0.2) is 0 Å². The molecular formula is C23H30N4O. The van der Waals surface area contributed by atoms with Crippen LogP contribution in [-0.4, -0.2) is 60.0 Å². The molecule has 0 atom stereocenters. The molecule has 0 N–H and O–H groups in total. The summed E-state index contributed by atoms with van der Waals surface area (Å²) in [5.41, 5.74) is 3.13. The summed E-state index contributed by atoms with van der Waals surface area (Å²) in [6, 6.07) is 12.6. The average molecular weight is 379 g/mol. The Morgan fingerprint density at radius 2 is 1.71 bits per heavy atom. The van der Waals surface area contributed by atoms with Crippen molar-refractivity contribution in [1.82, 2.24) is 14.8 Å². The Morgan fingerprint density at radius 1 is 1.00 bits per heavy atom. The van der Waals surface area contributed by atoms with Crippen LogP contribution in [0.4, 0.5) is 5.69 Å². The molecule has 0 unspecified atom stereocenters. The first-order chi connectivity index (χ1) is 13.7. The zero-order chi connectivity index (χ0) is 19.3. The third kappa shape index (κ3) is 4.53. The monoisotopic (exact) mass is 378 g/mol. The number of aromatic nitrogens is 1. The van der Waals surface area contributed by atoms with E-state index in [0.29, 0.717) is 5.56 Å². The van der Waals surface area contributed by atoms with Crippen LogP contribution in [0.15, 0.2) is 48.8 Å². The predicted octanol–water partition coefficient (Wildman–Crippen LogP) is 3.28. The van der Waals surface area contributed by atoms with Crippen LogP contribution in [-0.2, 0) is 6.54 Å². The maximum absolute atomic E-state index is 13.0. The molecule has 2 aliphatic heterocycles. The molecule has 5 nitrogen and oxygen atoms in total. The van der Waals surface area contributed by atoms with Gasteiger partial charge in [-0.05, 0) is 30.4 Å². The number of anilines is 1. The molecule has 148 valence electrons. The molecule has 0 radical (unpaired) electrons. The highest BCUT2D eigenvalue weighted by Gasteiger charge is 2.23. The lowest BCUT2D eigenvalue weighted by Gasteiger charge is -2.35. The van der Waals surface area contributed by atoms with Crippen LogP contribution in [0.25, 0.3) is 0 Å². The van der Waals surface area contributed by atoms with Gasteiger partial charge in [-0.15, -0.1) is 0 Å². The number of hydrogen-bond acceptors (Lipinski definition) is 4. The van der Waals surface area contributed by atoms with Gasteiger partial charge in [-0.1, -0.05) is 37.3 Å². The van der Waals surface area contributed by atoms with Gasteiger partial charge in [-0.3, -0.25) is 14.7 Å². The largest absolute Gasteiger partial charge is 0.370 e. The van der Waals surface area contributed by atoms with E-state index in [2.05, 4.69) is 46.0 Å². The lowest BCUT2D eigenvalue weighted by atomic mass is 9.99. The molecular weight excluding hydrogens is 348 g/mol. The van der Waals surface area contributed by atoms with Gasteiger partial charge in [0.1, 0.15) is 0 Å². The van der Waals surface area contributed by atoms with E-state index in [1.807, 2.05) is 23.2 Å². The standard InChI is InChI=1S/C23H30N4O/c1-19-7-9-26(10-8-19)22-15-21(16-24-17-22)23(28)27-13-11-25(12-14-27)18-20-5-3-2-4-6-20/h2-6,15-17,19H,7-14,18H2,1H3. The molecule has 2 aliphatic rings. The smallest absolute Gasteiger partial charge is 0.255 e. The topological polar surface area (TPSA) is 39.7 Å². The van der Waals surface area contributed by atoms with Crippen LogP contribution >= 0.6 is 0 Å². The van der Waals surface area contributed by atoms with Crippen molar-refractivity contribution in [2.24, 2.45) is 5.92 Å². The molecule has 28 heavy (non-hydrogen) atoms. The summed E-state index contributed by atoms with van der Waals surface area (Å²) >= 11 is 0. The molecule has 2 fully saturated rings. The van der Waals surface area contributed by atoms with Gasteiger partial charge in [-0.25, -0.2) is 0 Å². The quantitative estimate of drug-likeness (QED) is 0.819. The van der Waals surface area contributed by atoms with E-state index in [1.165, 1.54) is 18.4 Å². The maximum Gasteiger partial charge on any atom is 0.255 e. The fraction of sp³-hybridized carbons (Fsp3) is 0.478. The fourth-order valence-electron chi connectivity index (χ4n) is 4.12. The van der Waals surface area contributed by atoms with Crippen molar-refractivity contribution in [3.05, 3.63) is 59.9 Å². The highest BCUT2D eigenvalue weighted by molar-refractivity contribution is 5.94. The zero-order valence-electron chi connectivity index (χ0n) is 16.8. The summed E-state index contributed by atoms with van der Waals surface area (Å²) in [5, 5.41) is 0. The van der Waals surface area contributed by atoms with Gasteiger partial charge >= 0.3 is 0 Å². The number of rotatable bonds is 4. The van der Waals surface area contributed by atoms with E-state index < -0.39 is 0 Å². The van der Waals surface area contributed by atoms with E-state index in [0.717, 1.165) is 57.4 Å². The summed E-state index contributed by atoms with van der Waals surface area (Å²) in [5.74, 6) is 0.903. The van der Waals surface area contributed by atoms with E-state index in [4.69, 9.17) is 0 Å². The van der Waals surface area contributed by atoms with E-state index in [-0.39, 0.29) is 5.91 Å². The lowest BCUT2D eigenvalue weighted by Crippen LogP contribution is -2.48. The van der Waals surface area contributed by atoms with Crippen LogP contribution in [0.2, 0.25) is 0 Å². The summed E-state index contributed by atoms with van der Waals surface area (Å²) in [6.07, 6.45) is 6.03. The minimum Gasteiger partial charge on any atom is -0.370 e. The Bertz CT molecular complexity index is 778. The predicted molar refractivity (Wildman–Crippen MR) is 112 cm³/mol. The number of carbonyl (C=O) groups is 1. The first kappa shape index (κ1) is 18.9. The average Bonchev–Trinajstić information content (AvgIpc) is 2.75.